The van der Waals surface area contributed by atoms with E-state index in [9.17, 15) is 4.79 Å². The van der Waals surface area contributed by atoms with Crippen molar-refractivity contribution in [1.29, 1.82) is 0 Å². The molecule has 7 heteroatoms. The average Bonchev–Trinajstić information content (AvgIpc) is 3.10. The number of aromatic nitrogens is 2. The van der Waals surface area contributed by atoms with E-state index in [4.69, 9.17) is 21.1 Å². The van der Waals surface area contributed by atoms with Crippen molar-refractivity contribution in [2.24, 2.45) is 0 Å². The molecule has 1 N–H and O–H groups in total. The highest BCUT2D eigenvalue weighted by Gasteiger charge is 2.07. The van der Waals surface area contributed by atoms with Gasteiger partial charge in [0.05, 0.1) is 25.2 Å². The molecule has 0 atom stereocenters. The highest BCUT2D eigenvalue weighted by molar-refractivity contribution is 6.30. The van der Waals surface area contributed by atoms with Crippen LogP contribution in [0.4, 0.5) is 4.79 Å². The molecule has 0 saturated carbocycles. The Morgan fingerprint density at radius 2 is 2.00 bits per heavy atom. The summed E-state index contributed by atoms with van der Waals surface area (Å²) in [4.78, 5) is 11.9. The summed E-state index contributed by atoms with van der Waals surface area (Å²) in [5.41, 5.74) is 1.88. The maximum Gasteiger partial charge on any atom is 0.412 e. The molecule has 1 heterocycles. The monoisotopic (exact) mass is 371 g/mol. The smallest absolute Gasteiger partial charge is 0.412 e. The largest absolute Gasteiger partial charge is 0.497 e. The molecule has 0 unspecified atom stereocenters. The van der Waals surface area contributed by atoms with Crippen LogP contribution in [0.25, 0.3) is 5.69 Å². The number of hydrogen-bond donors (Lipinski definition) is 1. The molecule has 1 amide bonds. The number of benzene rings is 2. The summed E-state index contributed by atoms with van der Waals surface area (Å²) in [7, 11) is 1.61. The Labute approximate surface area is 156 Å². The van der Waals surface area contributed by atoms with Gasteiger partial charge in [0.25, 0.3) is 0 Å². The molecule has 2 aromatic carbocycles. The van der Waals surface area contributed by atoms with Crippen LogP contribution >= 0.6 is 11.6 Å². The molecule has 0 saturated heterocycles. The Balaban J connectivity index is 1.50. The van der Waals surface area contributed by atoms with Crippen LogP contribution in [0.15, 0.2) is 60.9 Å². The predicted molar refractivity (Wildman–Crippen MR) is 99.3 cm³/mol. The molecule has 0 aliphatic carbocycles. The number of rotatable bonds is 6. The Morgan fingerprint density at radius 3 is 2.73 bits per heavy atom. The molecule has 0 fully saturated rings. The van der Waals surface area contributed by atoms with Crippen LogP contribution in [0, 0.1) is 0 Å². The van der Waals surface area contributed by atoms with Crippen LogP contribution < -0.4 is 14.8 Å². The molecule has 3 aromatic rings. The van der Waals surface area contributed by atoms with Crippen molar-refractivity contribution in [3.63, 3.8) is 0 Å². The lowest BCUT2D eigenvalue weighted by Gasteiger charge is -2.05. The normalized spacial score (nSPS) is 10.4. The van der Waals surface area contributed by atoms with Crippen molar-refractivity contribution >= 4 is 17.7 Å². The first-order valence-corrected chi connectivity index (χ1v) is 8.41. The van der Waals surface area contributed by atoms with Gasteiger partial charge >= 0.3 is 6.09 Å². The van der Waals surface area contributed by atoms with E-state index in [1.54, 1.807) is 18.0 Å². The minimum Gasteiger partial charge on any atom is -0.497 e. The Morgan fingerprint density at radius 1 is 1.19 bits per heavy atom. The quantitative estimate of drug-likeness (QED) is 0.714. The molecule has 3 rings (SSSR count). The van der Waals surface area contributed by atoms with E-state index in [0.717, 1.165) is 17.0 Å². The Hall–Kier alpha value is -2.99. The molecular formula is C19H18ClN3O3. The van der Waals surface area contributed by atoms with Crippen LogP contribution in [-0.4, -0.2) is 29.5 Å². The second kappa shape index (κ2) is 8.40. The number of halogens is 1. The lowest BCUT2D eigenvalue weighted by Crippen LogP contribution is -2.28. The molecule has 0 aliphatic heterocycles. The fourth-order valence-corrected chi connectivity index (χ4v) is 2.59. The van der Waals surface area contributed by atoms with E-state index in [1.165, 1.54) is 6.20 Å². The first-order valence-electron chi connectivity index (χ1n) is 8.03. The van der Waals surface area contributed by atoms with Crippen LogP contribution in [0.1, 0.15) is 5.56 Å². The van der Waals surface area contributed by atoms with Crippen molar-refractivity contribution < 1.29 is 14.3 Å². The second-order valence-corrected chi connectivity index (χ2v) is 5.95. The first kappa shape index (κ1) is 17.8. The number of nitrogens with one attached hydrogen (secondary N) is 1. The second-order valence-electron chi connectivity index (χ2n) is 5.51. The van der Waals surface area contributed by atoms with Gasteiger partial charge in [0.1, 0.15) is 5.75 Å². The summed E-state index contributed by atoms with van der Waals surface area (Å²) in [5.74, 6) is 1.12. The van der Waals surface area contributed by atoms with E-state index < -0.39 is 6.09 Å². The van der Waals surface area contributed by atoms with Gasteiger partial charge in [-0.3, -0.25) is 0 Å². The number of methoxy groups -OCH3 is 1. The molecule has 0 bridgehead atoms. The first-order chi connectivity index (χ1) is 12.6. The third kappa shape index (κ3) is 4.77. The molecule has 0 spiro atoms. The van der Waals surface area contributed by atoms with Crippen LogP contribution in [-0.2, 0) is 6.42 Å². The maximum atomic E-state index is 11.9. The van der Waals surface area contributed by atoms with E-state index in [1.807, 2.05) is 48.5 Å². The predicted octanol–water partition coefficient (Wildman–Crippen LogP) is 3.87. The zero-order valence-corrected chi connectivity index (χ0v) is 14.9. The molecule has 26 heavy (non-hydrogen) atoms. The highest BCUT2D eigenvalue weighted by atomic mass is 35.5. The highest BCUT2D eigenvalue weighted by Crippen LogP contribution is 2.17. The molecule has 6 nitrogen and oxygen atoms in total. The van der Waals surface area contributed by atoms with Crippen molar-refractivity contribution in [3.8, 4) is 17.2 Å². The van der Waals surface area contributed by atoms with Crippen LogP contribution in [0.2, 0.25) is 5.02 Å². The standard InChI is InChI=1S/C19H18ClN3O3/c1-25-17-7-5-16(6-8-17)23-13-18(12-22-23)26-19(24)21-10-9-14-3-2-4-15(20)11-14/h2-8,11-13H,9-10H2,1H3,(H,21,24). The molecular weight excluding hydrogens is 354 g/mol. The zero-order chi connectivity index (χ0) is 18.4. The summed E-state index contributed by atoms with van der Waals surface area (Å²) in [6.45, 7) is 0.450. The topological polar surface area (TPSA) is 65.4 Å². The molecule has 0 aliphatic rings. The number of amides is 1. The van der Waals surface area contributed by atoms with Crippen LogP contribution in [0.5, 0.6) is 11.5 Å². The van der Waals surface area contributed by atoms with Gasteiger partial charge in [-0.1, -0.05) is 23.7 Å². The van der Waals surface area contributed by atoms with Gasteiger partial charge in [-0.2, -0.15) is 5.10 Å². The zero-order valence-electron chi connectivity index (χ0n) is 14.2. The van der Waals surface area contributed by atoms with Gasteiger partial charge in [0.15, 0.2) is 5.75 Å². The van der Waals surface area contributed by atoms with Crippen LogP contribution in [0.3, 0.4) is 0 Å². The van der Waals surface area contributed by atoms with Crippen molar-refractivity contribution in [3.05, 3.63) is 71.5 Å². The van der Waals surface area contributed by atoms with Gasteiger partial charge < -0.3 is 14.8 Å². The fraction of sp³-hybridized carbons (Fsp3) is 0.158. The summed E-state index contributed by atoms with van der Waals surface area (Å²) >= 11 is 5.94. The van der Waals surface area contributed by atoms with E-state index in [2.05, 4.69) is 10.4 Å². The fourth-order valence-electron chi connectivity index (χ4n) is 2.38. The van der Waals surface area contributed by atoms with Gasteiger partial charge in [-0.25, -0.2) is 9.48 Å². The third-order valence-corrected chi connectivity index (χ3v) is 3.91. The van der Waals surface area contributed by atoms with Crippen molar-refractivity contribution in [1.82, 2.24) is 15.1 Å². The Bertz CT molecular complexity index is 878. The minimum atomic E-state index is -0.527. The van der Waals surface area contributed by atoms with Gasteiger partial charge in [0.2, 0.25) is 0 Å². The lowest BCUT2D eigenvalue weighted by molar-refractivity contribution is 0.200. The van der Waals surface area contributed by atoms with Gasteiger partial charge in [0, 0.05) is 11.6 Å². The number of nitrogens with zero attached hydrogens (tertiary/aromatic N) is 2. The molecule has 134 valence electrons. The van der Waals surface area contributed by atoms with E-state index in [-0.39, 0.29) is 0 Å². The van der Waals surface area contributed by atoms with Crippen molar-refractivity contribution in [2.45, 2.75) is 6.42 Å². The number of carbonyl (C=O) groups excluding carboxylic acids is 1. The molecule has 1 aromatic heterocycles. The summed E-state index contributed by atoms with van der Waals surface area (Å²) in [5, 5.41) is 7.57. The summed E-state index contributed by atoms with van der Waals surface area (Å²) in [6, 6.07) is 14.9. The Kier molecular flexibility index (Phi) is 5.76. The minimum absolute atomic E-state index is 0.362. The lowest BCUT2D eigenvalue weighted by atomic mass is 10.1. The van der Waals surface area contributed by atoms with Gasteiger partial charge in [-0.05, 0) is 48.4 Å². The van der Waals surface area contributed by atoms with E-state index in [0.29, 0.717) is 23.7 Å². The number of ether oxygens (including phenoxy) is 2. The average molecular weight is 372 g/mol. The third-order valence-electron chi connectivity index (χ3n) is 3.68. The number of carbonyl (C=O) groups is 1. The van der Waals surface area contributed by atoms with Crippen molar-refractivity contribution in [2.75, 3.05) is 13.7 Å². The van der Waals surface area contributed by atoms with E-state index >= 15 is 0 Å². The SMILES string of the molecule is COc1ccc(-n2cc(OC(=O)NCCc3cccc(Cl)c3)cn2)cc1. The van der Waals surface area contributed by atoms with Gasteiger partial charge in [-0.15, -0.1) is 0 Å². The number of hydrogen-bond acceptors (Lipinski definition) is 4. The molecule has 0 radical (unpaired) electrons. The summed E-state index contributed by atoms with van der Waals surface area (Å²) in [6.07, 6.45) is 3.27. The maximum absolute atomic E-state index is 11.9. The summed E-state index contributed by atoms with van der Waals surface area (Å²) < 4.78 is 12.0.